The van der Waals surface area contributed by atoms with Crippen LogP contribution in [0.25, 0.3) is 0 Å². The molecular formula is C10H16N2O2S. The first-order valence-corrected chi connectivity index (χ1v) is 6.39. The van der Waals surface area contributed by atoms with Crippen LogP contribution in [0.1, 0.15) is 13.3 Å². The van der Waals surface area contributed by atoms with Crippen LogP contribution in [0.4, 0.5) is 0 Å². The first kappa shape index (κ1) is 12.1. The molecule has 0 atom stereocenters. The van der Waals surface area contributed by atoms with Crippen molar-refractivity contribution in [3.8, 4) is 0 Å². The average molecular weight is 228 g/mol. The van der Waals surface area contributed by atoms with Gasteiger partial charge in [0, 0.05) is 31.1 Å². The lowest BCUT2D eigenvalue weighted by Crippen LogP contribution is -2.39. The topological polar surface area (TPSA) is 44.0 Å². The molecule has 0 spiro atoms. The number of hydrogen-bond donors (Lipinski definition) is 0. The molecule has 0 fully saturated rings. The molecule has 0 radical (unpaired) electrons. The Labute approximate surface area is 92.9 Å². The van der Waals surface area contributed by atoms with Gasteiger partial charge in [0.2, 0.25) is 0 Å². The van der Waals surface area contributed by atoms with Crippen molar-refractivity contribution in [1.29, 1.82) is 0 Å². The summed E-state index contributed by atoms with van der Waals surface area (Å²) in [6.45, 7) is 3.16. The molecule has 5 heteroatoms. The fraction of sp³-hybridized carbons (Fsp3) is 0.600. The van der Waals surface area contributed by atoms with E-state index in [-0.39, 0.29) is 11.2 Å². The molecule has 0 saturated heterocycles. The minimum absolute atomic E-state index is 0.196. The third-order valence-corrected chi connectivity index (χ3v) is 2.71. The lowest BCUT2D eigenvalue weighted by molar-refractivity contribution is 0.564. The fourth-order valence-electron chi connectivity index (χ4n) is 1.36. The van der Waals surface area contributed by atoms with Crippen molar-refractivity contribution in [2.45, 2.75) is 26.4 Å². The van der Waals surface area contributed by atoms with Gasteiger partial charge in [-0.3, -0.25) is 9.36 Å². The minimum atomic E-state index is -0.207. The first-order chi connectivity index (χ1) is 7.20. The SMILES string of the molecule is CCCn1ccc(=O)n(CCSC)c1=O. The summed E-state index contributed by atoms with van der Waals surface area (Å²) in [5.74, 6) is 0.783. The smallest absolute Gasteiger partial charge is 0.300 e. The molecule has 0 N–H and O–H groups in total. The maximum Gasteiger partial charge on any atom is 0.330 e. The van der Waals surface area contributed by atoms with Gasteiger partial charge in [-0.05, 0) is 12.7 Å². The van der Waals surface area contributed by atoms with Crippen LogP contribution in [0.3, 0.4) is 0 Å². The molecule has 0 aliphatic carbocycles. The zero-order valence-corrected chi connectivity index (χ0v) is 9.92. The van der Waals surface area contributed by atoms with Crippen LogP contribution >= 0.6 is 11.8 Å². The summed E-state index contributed by atoms with van der Waals surface area (Å²) in [5, 5.41) is 0. The van der Waals surface area contributed by atoms with Crippen molar-refractivity contribution in [2.24, 2.45) is 0 Å². The highest BCUT2D eigenvalue weighted by Gasteiger charge is 2.03. The van der Waals surface area contributed by atoms with Gasteiger partial charge in [-0.25, -0.2) is 4.79 Å². The Hall–Kier alpha value is -0.970. The van der Waals surface area contributed by atoms with Gasteiger partial charge in [-0.15, -0.1) is 0 Å². The molecule has 1 aromatic rings. The van der Waals surface area contributed by atoms with Gasteiger partial charge in [-0.2, -0.15) is 11.8 Å². The standard InChI is InChI=1S/C10H16N2O2S/c1-3-5-11-6-4-9(13)12(10(11)14)7-8-15-2/h4,6H,3,5,7-8H2,1-2H3. The van der Waals surface area contributed by atoms with Gasteiger partial charge in [0.05, 0.1) is 0 Å². The Bertz CT molecular complexity index is 422. The van der Waals surface area contributed by atoms with E-state index >= 15 is 0 Å². The van der Waals surface area contributed by atoms with Gasteiger partial charge in [0.25, 0.3) is 5.56 Å². The Morgan fingerprint density at radius 3 is 2.67 bits per heavy atom. The van der Waals surface area contributed by atoms with E-state index in [0.717, 1.165) is 12.2 Å². The molecule has 0 amide bonds. The van der Waals surface area contributed by atoms with Gasteiger partial charge in [0.15, 0.2) is 0 Å². The van der Waals surface area contributed by atoms with E-state index in [1.807, 2.05) is 13.2 Å². The van der Waals surface area contributed by atoms with Crippen molar-refractivity contribution in [3.05, 3.63) is 33.1 Å². The zero-order chi connectivity index (χ0) is 11.3. The lowest BCUT2D eigenvalue weighted by atomic mass is 10.4. The normalized spacial score (nSPS) is 10.5. The molecule has 1 rings (SSSR count). The van der Waals surface area contributed by atoms with E-state index in [1.165, 1.54) is 10.6 Å². The number of aryl methyl sites for hydroxylation is 1. The summed E-state index contributed by atoms with van der Waals surface area (Å²) in [4.78, 5) is 23.2. The molecule has 0 unspecified atom stereocenters. The number of nitrogens with zero attached hydrogens (tertiary/aromatic N) is 2. The molecule has 1 heterocycles. The van der Waals surface area contributed by atoms with Gasteiger partial charge in [0.1, 0.15) is 0 Å². The van der Waals surface area contributed by atoms with E-state index in [4.69, 9.17) is 0 Å². The Morgan fingerprint density at radius 2 is 2.07 bits per heavy atom. The van der Waals surface area contributed by atoms with Gasteiger partial charge < -0.3 is 4.57 Å². The molecule has 0 bridgehead atoms. The van der Waals surface area contributed by atoms with Crippen molar-refractivity contribution in [1.82, 2.24) is 9.13 Å². The second-order valence-corrected chi connectivity index (χ2v) is 4.26. The predicted octanol–water partition coefficient (Wildman–Crippen LogP) is 0.783. The van der Waals surface area contributed by atoms with E-state index in [9.17, 15) is 9.59 Å². The van der Waals surface area contributed by atoms with Crippen LogP contribution in [-0.4, -0.2) is 21.1 Å². The molecule has 4 nitrogen and oxygen atoms in total. The highest BCUT2D eigenvalue weighted by molar-refractivity contribution is 7.98. The van der Waals surface area contributed by atoms with Crippen LogP contribution in [0.5, 0.6) is 0 Å². The highest BCUT2D eigenvalue weighted by Crippen LogP contribution is 1.91. The quantitative estimate of drug-likeness (QED) is 0.748. The largest absolute Gasteiger partial charge is 0.330 e. The number of hydrogen-bond acceptors (Lipinski definition) is 3. The molecule has 15 heavy (non-hydrogen) atoms. The Kier molecular flexibility index (Phi) is 4.68. The predicted molar refractivity (Wildman–Crippen MR) is 63.6 cm³/mol. The summed E-state index contributed by atoms with van der Waals surface area (Å²) in [6.07, 6.45) is 4.42. The van der Waals surface area contributed by atoms with Crippen LogP contribution in [-0.2, 0) is 13.1 Å². The second kappa shape index (κ2) is 5.80. The van der Waals surface area contributed by atoms with Crippen LogP contribution in [0.15, 0.2) is 21.9 Å². The van der Waals surface area contributed by atoms with Crippen LogP contribution in [0.2, 0.25) is 0 Å². The molecular weight excluding hydrogens is 212 g/mol. The zero-order valence-electron chi connectivity index (χ0n) is 9.10. The van der Waals surface area contributed by atoms with Crippen molar-refractivity contribution in [2.75, 3.05) is 12.0 Å². The summed E-state index contributed by atoms with van der Waals surface area (Å²) in [6, 6.07) is 1.46. The summed E-state index contributed by atoms with van der Waals surface area (Å²) >= 11 is 1.63. The second-order valence-electron chi connectivity index (χ2n) is 3.27. The highest BCUT2D eigenvalue weighted by atomic mass is 32.2. The molecule has 1 aromatic heterocycles. The molecule has 84 valence electrons. The summed E-state index contributed by atoms with van der Waals surface area (Å²) < 4.78 is 2.88. The molecule has 0 aliphatic heterocycles. The third-order valence-electron chi connectivity index (χ3n) is 2.12. The summed E-state index contributed by atoms with van der Waals surface area (Å²) in [7, 11) is 0. The maximum atomic E-state index is 11.8. The third kappa shape index (κ3) is 2.99. The van der Waals surface area contributed by atoms with Gasteiger partial charge in [-0.1, -0.05) is 6.92 Å². The Balaban J connectivity index is 3.07. The minimum Gasteiger partial charge on any atom is -0.300 e. The van der Waals surface area contributed by atoms with Crippen molar-refractivity contribution in [3.63, 3.8) is 0 Å². The lowest BCUT2D eigenvalue weighted by Gasteiger charge is -2.07. The van der Waals surface area contributed by atoms with Gasteiger partial charge >= 0.3 is 5.69 Å². The monoisotopic (exact) mass is 228 g/mol. The number of rotatable bonds is 5. The van der Waals surface area contributed by atoms with Crippen molar-refractivity contribution < 1.29 is 0 Å². The maximum absolute atomic E-state index is 11.8. The molecule has 0 aromatic carbocycles. The number of aromatic nitrogens is 2. The van der Waals surface area contributed by atoms with Crippen molar-refractivity contribution >= 4 is 11.8 Å². The average Bonchev–Trinajstić information content (AvgIpc) is 2.22. The first-order valence-electron chi connectivity index (χ1n) is 5.00. The fourth-order valence-corrected chi connectivity index (χ4v) is 1.72. The van der Waals surface area contributed by atoms with E-state index in [2.05, 4.69) is 0 Å². The van der Waals surface area contributed by atoms with Crippen LogP contribution in [0, 0.1) is 0 Å². The molecule has 0 aliphatic rings. The van der Waals surface area contributed by atoms with E-state index in [0.29, 0.717) is 13.1 Å². The van der Waals surface area contributed by atoms with Crippen LogP contribution < -0.4 is 11.2 Å². The summed E-state index contributed by atoms with van der Waals surface area (Å²) in [5.41, 5.74) is -0.403. The Morgan fingerprint density at radius 1 is 1.33 bits per heavy atom. The molecule has 0 saturated carbocycles. The van der Waals surface area contributed by atoms with E-state index in [1.54, 1.807) is 22.5 Å². The van der Waals surface area contributed by atoms with E-state index < -0.39 is 0 Å². The number of thioether (sulfide) groups is 1.